The number of ether oxygens (including phenoxy) is 2. The summed E-state index contributed by atoms with van der Waals surface area (Å²) < 4.78 is 13.4. The van der Waals surface area contributed by atoms with Gasteiger partial charge in [-0.05, 0) is 59.1 Å². The number of hydrogen-bond acceptors (Lipinski definition) is 7. The topological polar surface area (TPSA) is 103 Å². The van der Waals surface area contributed by atoms with Gasteiger partial charge in [0, 0.05) is 38.4 Å². The highest BCUT2D eigenvalue weighted by molar-refractivity contribution is 6.76. The van der Waals surface area contributed by atoms with Gasteiger partial charge in [-0.25, -0.2) is 9.48 Å². The maximum atomic E-state index is 12.2. The molecule has 0 spiro atoms. The molecule has 0 unspecified atom stereocenters. The monoisotopic (exact) mass is 488 g/mol. The summed E-state index contributed by atoms with van der Waals surface area (Å²) in [5, 5.41) is 19.2. The molecule has 0 bridgehead atoms. The van der Waals surface area contributed by atoms with Gasteiger partial charge < -0.3 is 20.1 Å². The standard InChI is InChI=1S/C24H40N6O3Si/c1-17-20(10-11-25-28-17)27-22-15-21(30(29-22)16-32-12-13-34(5,6)7)18-8-9-19(14-18)26-23(31)33-24(2,3)4/h10-11,15,18-19H,8-9,12-14,16H2,1-7H3,(H,26,31)(H,25,27,29)/t18-,19+/m0/s1. The van der Waals surface area contributed by atoms with Crippen molar-refractivity contribution in [3.05, 3.63) is 29.7 Å². The fourth-order valence-corrected chi connectivity index (χ4v) is 4.74. The summed E-state index contributed by atoms with van der Waals surface area (Å²) in [6.07, 6.45) is 4.02. The molecule has 2 aromatic heterocycles. The number of hydrogen-bond donors (Lipinski definition) is 2. The summed E-state index contributed by atoms with van der Waals surface area (Å²) in [6.45, 7) is 15.7. The first-order chi connectivity index (χ1) is 15.9. The quantitative estimate of drug-likeness (QED) is 0.369. The lowest BCUT2D eigenvalue weighted by molar-refractivity contribution is 0.0504. The first-order valence-electron chi connectivity index (χ1n) is 12.1. The van der Waals surface area contributed by atoms with Gasteiger partial charge in [0.05, 0.1) is 17.6 Å². The van der Waals surface area contributed by atoms with Crippen LogP contribution in [0, 0.1) is 6.92 Å². The zero-order chi connectivity index (χ0) is 24.9. The summed E-state index contributed by atoms with van der Waals surface area (Å²) in [7, 11) is -1.16. The molecule has 188 valence electrons. The maximum Gasteiger partial charge on any atom is 0.407 e. The number of carbonyl (C=O) groups is 1. The number of rotatable bonds is 9. The zero-order valence-corrected chi connectivity index (χ0v) is 22.6. The lowest BCUT2D eigenvalue weighted by Crippen LogP contribution is -2.37. The molecule has 1 aliphatic rings. The summed E-state index contributed by atoms with van der Waals surface area (Å²) in [6, 6.07) is 5.17. The van der Waals surface area contributed by atoms with E-state index in [2.05, 4.69) is 46.5 Å². The molecule has 0 aliphatic heterocycles. The van der Waals surface area contributed by atoms with E-state index in [4.69, 9.17) is 14.6 Å². The van der Waals surface area contributed by atoms with Gasteiger partial charge in [-0.15, -0.1) is 0 Å². The van der Waals surface area contributed by atoms with Gasteiger partial charge in [0.15, 0.2) is 5.82 Å². The summed E-state index contributed by atoms with van der Waals surface area (Å²) in [5.41, 5.74) is 2.30. The molecular formula is C24H40N6O3Si. The Labute approximate surface area is 204 Å². The molecule has 1 saturated carbocycles. The van der Waals surface area contributed by atoms with Crippen LogP contribution in [0.5, 0.6) is 0 Å². The highest BCUT2D eigenvalue weighted by Crippen LogP contribution is 2.36. The Morgan fingerprint density at radius 1 is 1.26 bits per heavy atom. The van der Waals surface area contributed by atoms with E-state index in [1.807, 2.05) is 38.4 Å². The van der Waals surface area contributed by atoms with Crippen molar-refractivity contribution in [2.75, 3.05) is 11.9 Å². The molecule has 0 radical (unpaired) electrons. The summed E-state index contributed by atoms with van der Waals surface area (Å²) in [4.78, 5) is 12.2. The van der Waals surface area contributed by atoms with Gasteiger partial charge in [0.25, 0.3) is 0 Å². The van der Waals surface area contributed by atoms with Gasteiger partial charge in [0.1, 0.15) is 12.3 Å². The predicted molar refractivity (Wildman–Crippen MR) is 136 cm³/mol. The van der Waals surface area contributed by atoms with E-state index in [0.29, 0.717) is 6.73 Å². The third-order valence-electron chi connectivity index (χ3n) is 5.76. The first kappa shape index (κ1) is 26.1. The molecule has 2 heterocycles. The average Bonchev–Trinajstić information content (AvgIpc) is 3.31. The SMILES string of the molecule is Cc1nnccc1Nc1cc([C@H]2CC[C@@H](NC(=O)OC(C)(C)C)C2)n(COCC[Si](C)(C)C)n1. The van der Waals surface area contributed by atoms with E-state index in [1.54, 1.807) is 6.20 Å². The third-order valence-corrected chi connectivity index (χ3v) is 7.47. The Morgan fingerprint density at radius 3 is 2.71 bits per heavy atom. The highest BCUT2D eigenvalue weighted by atomic mass is 28.3. The van der Waals surface area contributed by atoms with Crippen molar-refractivity contribution in [3.63, 3.8) is 0 Å². The summed E-state index contributed by atoms with van der Waals surface area (Å²) >= 11 is 0. The predicted octanol–water partition coefficient (Wildman–Crippen LogP) is 5.20. The van der Waals surface area contributed by atoms with E-state index in [-0.39, 0.29) is 18.1 Å². The normalized spacial score (nSPS) is 18.7. The van der Waals surface area contributed by atoms with E-state index < -0.39 is 13.7 Å². The van der Waals surface area contributed by atoms with Crippen molar-refractivity contribution in [1.82, 2.24) is 25.3 Å². The van der Waals surface area contributed by atoms with Crippen molar-refractivity contribution in [2.45, 2.75) is 96.9 Å². The first-order valence-corrected chi connectivity index (χ1v) is 15.8. The van der Waals surface area contributed by atoms with Crippen LogP contribution in [0.3, 0.4) is 0 Å². The molecule has 2 atom stereocenters. The number of nitrogens with one attached hydrogen (secondary N) is 2. The molecule has 9 nitrogen and oxygen atoms in total. The zero-order valence-electron chi connectivity index (χ0n) is 21.6. The van der Waals surface area contributed by atoms with Crippen LogP contribution in [0.25, 0.3) is 0 Å². The van der Waals surface area contributed by atoms with Crippen molar-refractivity contribution in [3.8, 4) is 0 Å². The van der Waals surface area contributed by atoms with Crippen LogP contribution in [0.1, 0.15) is 57.3 Å². The van der Waals surface area contributed by atoms with Crippen LogP contribution < -0.4 is 10.6 Å². The number of nitrogens with zero attached hydrogens (tertiary/aromatic N) is 4. The second-order valence-electron chi connectivity index (χ2n) is 11.3. The number of alkyl carbamates (subject to hydrolysis) is 1. The minimum absolute atomic E-state index is 0.0825. The summed E-state index contributed by atoms with van der Waals surface area (Å²) in [5.74, 6) is 1.03. The molecule has 3 rings (SSSR count). The van der Waals surface area contributed by atoms with E-state index in [0.717, 1.165) is 54.8 Å². The third kappa shape index (κ3) is 8.09. The van der Waals surface area contributed by atoms with Crippen LogP contribution in [0.15, 0.2) is 18.3 Å². The number of carbonyl (C=O) groups excluding carboxylic acids is 1. The number of aryl methyl sites for hydroxylation is 1. The molecule has 0 aromatic carbocycles. The van der Waals surface area contributed by atoms with E-state index >= 15 is 0 Å². The number of aromatic nitrogens is 4. The average molecular weight is 489 g/mol. The van der Waals surface area contributed by atoms with Gasteiger partial charge >= 0.3 is 6.09 Å². The van der Waals surface area contributed by atoms with Crippen molar-refractivity contribution < 1.29 is 14.3 Å². The lowest BCUT2D eigenvalue weighted by Gasteiger charge is -2.22. The fraction of sp³-hybridized carbons (Fsp3) is 0.667. The Kier molecular flexibility index (Phi) is 8.35. The van der Waals surface area contributed by atoms with Gasteiger partial charge in [-0.3, -0.25) is 0 Å². The molecular weight excluding hydrogens is 448 g/mol. The Balaban J connectivity index is 1.70. The van der Waals surface area contributed by atoms with Crippen LogP contribution in [-0.2, 0) is 16.2 Å². The van der Waals surface area contributed by atoms with Crippen molar-refractivity contribution in [2.24, 2.45) is 0 Å². The minimum Gasteiger partial charge on any atom is -0.444 e. The molecule has 1 amide bonds. The van der Waals surface area contributed by atoms with Crippen LogP contribution in [0.4, 0.5) is 16.3 Å². The van der Waals surface area contributed by atoms with Crippen LogP contribution >= 0.6 is 0 Å². The molecule has 0 saturated heterocycles. The molecule has 1 aliphatic carbocycles. The molecule has 10 heteroatoms. The van der Waals surface area contributed by atoms with Gasteiger partial charge in [-0.1, -0.05) is 19.6 Å². The highest BCUT2D eigenvalue weighted by Gasteiger charge is 2.31. The lowest BCUT2D eigenvalue weighted by atomic mass is 10.0. The van der Waals surface area contributed by atoms with Crippen LogP contribution in [0.2, 0.25) is 25.7 Å². The number of amides is 1. The molecule has 1 fully saturated rings. The largest absolute Gasteiger partial charge is 0.444 e. The van der Waals surface area contributed by atoms with E-state index in [1.165, 1.54) is 0 Å². The minimum atomic E-state index is -1.16. The fourth-order valence-electron chi connectivity index (χ4n) is 3.98. The Hall–Kier alpha value is -2.46. The van der Waals surface area contributed by atoms with E-state index in [9.17, 15) is 4.79 Å². The van der Waals surface area contributed by atoms with Crippen LogP contribution in [-0.4, -0.2) is 52.4 Å². The smallest absolute Gasteiger partial charge is 0.407 e. The van der Waals surface area contributed by atoms with Crippen molar-refractivity contribution in [1.29, 1.82) is 0 Å². The molecule has 2 N–H and O–H groups in total. The van der Waals surface area contributed by atoms with Crippen molar-refractivity contribution >= 4 is 25.7 Å². The Morgan fingerprint density at radius 2 is 2.03 bits per heavy atom. The number of anilines is 2. The Bertz CT molecular complexity index is 966. The second-order valence-corrected chi connectivity index (χ2v) is 16.9. The second kappa shape index (κ2) is 10.9. The van der Waals surface area contributed by atoms with Gasteiger partial charge in [-0.2, -0.15) is 15.3 Å². The maximum absolute atomic E-state index is 12.2. The molecule has 2 aromatic rings. The van der Waals surface area contributed by atoms with Gasteiger partial charge in [0.2, 0.25) is 0 Å². The molecule has 34 heavy (non-hydrogen) atoms.